The number of hydrogen-bond acceptors (Lipinski definition) is 4. The van der Waals surface area contributed by atoms with Crippen LogP contribution in [-0.2, 0) is 9.53 Å². The first-order valence-electron chi connectivity index (χ1n) is 4.62. The van der Waals surface area contributed by atoms with Gasteiger partial charge in [0.05, 0.1) is 6.61 Å². The fraction of sp³-hybridized carbons (Fsp3) is 0.889. The van der Waals surface area contributed by atoms with E-state index in [-0.39, 0.29) is 24.0 Å². The van der Waals surface area contributed by atoms with Crippen LogP contribution in [-0.4, -0.2) is 36.9 Å². The Morgan fingerprint density at radius 1 is 1.77 bits per heavy atom. The summed E-state index contributed by atoms with van der Waals surface area (Å²) >= 11 is 0. The van der Waals surface area contributed by atoms with Crippen LogP contribution in [0, 0.1) is 5.41 Å². The largest absolute Gasteiger partial charge is 0.465 e. The lowest BCUT2D eigenvalue weighted by Gasteiger charge is -2.18. The molecule has 0 radical (unpaired) electrons. The summed E-state index contributed by atoms with van der Waals surface area (Å²) in [5.41, 5.74) is -0.169. The minimum Gasteiger partial charge on any atom is -0.465 e. The molecule has 0 aromatic carbocycles. The molecule has 0 unspecified atom stereocenters. The number of nitrogens with one attached hydrogen (secondary N) is 1. The first-order valence-corrected chi connectivity index (χ1v) is 4.62. The SMILES string of the molecule is CCOC(=O)[C@@H]1C[C@](C)(CO)CN1. The minimum absolute atomic E-state index is 0.107. The molecule has 1 heterocycles. The van der Waals surface area contributed by atoms with Crippen molar-refractivity contribution in [1.82, 2.24) is 5.32 Å². The molecule has 0 saturated carbocycles. The summed E-state index contributed by atoms with van der Waals surface area (Å²) in [5.74, 6) is -0.209. The molecule has 1 rings (SSSR count). The molecule has 1 aliphatic rings. The molecule has 13 heavy (non-hydrogen) atoms. The quantitative estimate of drug-likeness (QED) is 0.606. The van der Waals surface area contributed by atoms with Crippen LogP contribution >= 0.6 is 0 Å². The molecule has 0 amide bonds. The third-order valence-electron chi connectivity index (χ3n) is 2.42. The smallest absolute Gasteiger partial charge is 0.323 e. The predicted molar refractivity (Wildman–Crippen MR) is 48.2 cm³/mol. The lowest BCUT2D eigenvalue weighted by Crippen LogP contribution is -2.32. The van der Waals surface area contributed by atoms with Crippen molar-refractivity contribution < 1.29 is 14.6 Å². The van der Waals surface area contributed by atoms with Crippen molar-refractivity contribution in [2.24, 2.45) is 5.41 Å². The van der Waals surface area contributed by atoms with E-state index in [0.717, 1.165) is 0 Å². The molecule has 0 aromatic heterocycles. The van der Waals surface area contributed by atoms with Gasteiger partial charge in [-0.25, -0.2) is 0 Å². The highest BCUT2D eigenvalue weighted by atomic mass is 16.5. The van der Waals surface area contributed by atoms with Gasteiger partial charge < -0.3 is 15.2 Å². The maximum atomic E-state index is 11.3. The zero-order valence-electron chi connectivity index (χ0n) is 8.17. The van der Waals surface area contributed by atoms with Crippen LogP contribution in [0.3, 0.4) is 0 Å². The first kappa shape index (κ1) is 10.5. The van der Waals surface area contributed by atoms with Crippen molar-refractivity contribution in [3.05, 3.63) is 0 Å². The van der Waals surface area contributed by atoms with Crippen molar-refractivity contribution in [3.8, 4) is 0 Å². The molecule has 0 bridgehead atoms. The van der Waals surface area contributed by atoms with Gasteiger partial charge in [-0.1, -0.05) is 6.92 Å². The Bertz CT molecular complexity index is 195. The normalized spacial score (nSPS) is 33.3. The van der Waals surface area contributed by atoms with E-state index in [0.29, 0.717) is 19.6 Å². The predicted octanol–water partition coefficient (Wildman–Crippen LogP) is -0.0900. The Labute approximate surface area is 78.3 Å². The van der Waals surface area contributed by atoms with Gasteiger partial charge in [0.15, 0.2) is 0 Å². The average Bonchev–Trinajstić information content (AvgIpc) is 2.50. The van der Waals surface area contributed by atoms with E-state index in [2.05, 4.69) is 5.32 Å². The summed E-state index contributed by atoms with van der Waals surface area (Å²) in [6.07, 6.45) is 0.655. The number of ether oxygens (including phenoxy) is 1. The van der Waals surface area contributed by atoms with Crippen molar-refractivity contribution in [2.45, 2.75) is 26.3 Å². The standard InChI is InChI=1S/C9H17NO3/c1-3-13-8(12)7-4-9(2,6-11)5-10-7/h7,10-11H,3-6H2,1-2H3/t7-,9-/m0/s1. The summed E-state index contributed by atoms with van der Waals surface area (Å²) in [7, 11) is 0. The van der Waals surface area contributed by atoms with Crippen LogP contribution in [0.2, 0.25) is 0 Å². The van der Waals surface area contributed by atoms with Crippen LogP contribution in [0.4, 0.5) is 0 Å². The molecule has 0 aliphatic carbocycles. The van der Waals surface area contributed by atoms with Crippen molar-refractivity contribution >= 4 is 5.97 Å². The number of carbonyl (C=O) groups excluding carboxylic acids is 1. The summed E-state index contributed by atoms with van der Waals surface area (Å²) in [6, 6.07) is -0.239. The van der Waals surface area contributed by atoms with Crippen LogP contribution in [0.5, 0.6) is 0 Å². The summed E-state index contributed by atoms with van der Waals surface area (Å²) in [6.45, 7) is 4.94. The molecule has 1 aliphatic heterocycles. The number of aliphatic hydroxyl groups excluding tert-OH is 1. The molecule has 76 valence electrons. The zero-order chi connectivity index (χ0) is 9.90. The summed E-state index contributed by atoms with van der Waals surface area (Å²) < 4.78 is 4.88. The molecule has 0 aromatic rings. The lowest BCUT2D eigenvalue weighted by molar-refractivity contribution is -0.145. The monoisotopic (exact) mass is 187 g/mol. The van der Waals surface area contributed by atoms with E-state index < -0.39 is 0 Å². The van der Waals surface area contributed by atoms with E-state index in [9.17, 15) is 4.79 Å². The number of carbonyl (C=O) groups is 1. The first-order chi connectivity index (χ1) is 6.11. The van der Waals surface area contributed by atoms with E-state index in [4.69, 9.17) is 9.84 Å². The lowest BCUT2D eigenvalue weighted by atomic mass is 9.89. The Balaban J connectivity index is 2.45. The maximum absolute atomic E-state index is 11.3. The summed E-state index contributed by atoms with van der Waals surface area (Å²) in [5, 5.41) is 12.1. The highest BCUT2D eigenvalue weighted by Gasteiger charge is 2.38. The molecule has 4 nitrogen and oxygen atoms in total. The van der Waals surface area contributed by atoms with Crippen LogP contribution < -0.4 is 5.32 Å². The van der Waals surface area contributed by atoms with E-state index in [1.807, 2.05) is 6.92 Å². The van der Waals surface area contributed by atoms with Crippen molar-refractivity contribution in [2.75, 3.05) is 19.8 Å². The van der Waals surface area contributed by atoms with Gasteiger partial charge in [-0.3, -0.25) is 4.79 Å². The Morgan fingerprint density at radius 2 is 2.46 bits per heavy atom. The molecule has 2 atom stereocenters. The van der Waals surface area contributed by atoms with Crippen molar-refractivity contribution in [1.29, 1.82) is 0 Å². The van der Waals surface area contributed by atoms with E-state index in [1.165, 1.54) is 0 Å². The molecular formula is C9H17NO3. The number of esters is 1. The number of rotatable bonds is 3. The Kier molecular flexibility index (Phi) is 3.27. The minimum atomic E-state index is -0.239. The molecule has 2 N–H and O–H groups in total. The van der Waals surface area contributed by atoms with Gasteiger partial charge in [0.1, 0.15) is 6.04 Å². The fourth-order valence-corrected chi connectivity index (χ4v) is 1.54. The second kappa shape index (κ2) is 4.07. The second-order valence-electron chi connectivity index (χ2n) is 3.86. The van der Waals surface area contributed by atoms with E-state index in [1.54, 1.807) is 6.92 Å². The number of hydrogen-bond donors (Lipinski definition) is 2. The third-order valence-corrected chi connectivity index (χ3v) is 2.42. The van der Waals surface area contributed by atoms with Gasteiger partial charge in [0.25, 0.3) is 0 Å². The van der Waals surface area contributed by atoms with Crippen molar-refractivity contribution in [3.63, 3.8) is 0 Å². The highest BCUT2D eigenvalue weighted by molar-refractivity contribution is 5.76. The second-order valence-corrected chi connectivity index (χ2v) is 3.86. The molecule has 1 saturated heterocycles. The molecule has 4 heteroatoms. The molecule has 0 spiro atoms. The average molecular weight is 187 g/mol. The van der Waals surface area contributed by atoms with Gasteiger partial charge in [0.2, 0.25) is 0 Å². The van der Waals surface area contributed by atoms with Gasteiger partial charge in [0, 0.05) is 18.6 Å². The zero-order valence-corrected chi connectivity index (χ0v) is 8.17. The molecular weight excluding hydrogens is 170 g/mol. The third kappa shape index (κ3) is 2.42. The van der Waals surface area contributed by atoms with Gasteiger partial charge >= 0.3 is 5.97 Å². The molecule has 1 fully saturated rings. The van der Waals surface area contributed by atoms with Gasteiger partial charge in [-0.15, -0.1) is 0 Å². The summed E-state index contributed by atoms with van der Waals surface area (Å²) in [4.78, 5) is 11.3. The Hall–Kier alpha value is -0.610. The van der Waals surface area contributed by atoms with Gasteiger partial charge in [-0.05, 0) is 13.3 Å². The van der Waals surface area contributed by atoms with E-state index >= 15 is 0 Å². The maximum Gasteiger partial charge on any atom is 0.323 e. The Morgan fingerprint density at radius 3 is 2.92 bits per heavy atom. The van der Waals surface area contributed by atoms with Crippen LogP contribution in [0.15, 0.2) is 0 Å². The highest BCUT2D eigenvalue weighted by Crippen LogP contribution is 2.27. The van der Waals surface area contributed by atoms with Crippen LogP contribution in [0.25, 0.3) is 0 Å². The fourth-order valence-electron chi connectivity index (χ4n) is 1.54. The van der Waals surface area contributed by atoms with Gasteiger partial charge in [-0.2, -0.15) is 0 Å². The van der Waals surface area contributed by atoms with Crippen LogP contribution in [0.1, 0.15) is 20.3 Å². The topological polar surface area (TPSA) is 58.6 Å². The number of aliphatic hydroxyl groups is 1.